The Kier molecular flexibility index (Phi) is 3.55. The van der Waals surface area contributed by atoms with E-state index in [0.717, 1.165) is 11.1 Å². The number of nitrogens with zero attached hydrogens (tertiary/aromatic N) is 2. The van der Waals surface area contributed by atoms with Crippen molar-refractivity contribution in [3.8, 4) is 0 Å². The van der Waals surface area contributed by atoms with Gasteiger partial charge in [-0.05, 0) is 0 Å². The van der Waals surface area contributed by atoms with Gasteiger partial charge in [0.25, 0.3) is 0 Å². The number of carbonyl (C=O) groups excluding carboxylic acids is 1. The first-order valence-electron chi connectivity index (χ1n) is 6.08. The van der Waals surface area contributed by atoms with E-state index < -0.39 is 25.9 Å². The monoisotopic (exact) mass is 390 g/mol. The van der Waals surface area contributed by atoms with Crippen molar-refractivity contribution in [1.29, 1.82) is 0 Å². The Labute approximate surface area is 123 Å². The first kappa shape index (κ1) is 13.3. The Bertz CT molecular complexity index is 661. The fraction of sp³-hybridized carbons (Fsp3) is 0.231. The molecule has 0 spiro atoms. The second-order valence-corrected chi connectivity index (χ2v) is 7.54. The van der Waals surface area contributed by atoms with E-state index in [2.05, 4.69) is 10.3 Å². The predicted molar refractivity (Wildman–Crippen MR) is 74.7 cm³/mol. The molecule has 2 aliphatic rings. The third-order valence-corrected chi connectivity index (χ3v) is 6.04. The maximum atomic E-state index is 11.9. The number of oxime groups is 2. The van der Waals surface area contributed by atoms with Gasteiger partial charge in [-0.2, -0.15) is 0 Å². The molecule has 2 heterocycles. The second-order valence-electron chi connectivity index (χ2n) is 4.18. The Morgan fingerprint density at radius 2 is 1.95 bits per heavy atom. The number of benzene rings is 1. The van der Waals surface area contributed by atoms with Gasteiger partial charge >= 0.3 is 123 Å². The van der Waals surface area contributed by atoms with E-state index in [1.165, 1.54) is 0 Å². The van der Waals surface area contributed by atoms with Crippen LogP contribution in [0.1, 0.15) is 18.1 Å². The second kappa shape index (κ2) is 5.35. The molecular weight excluding hydrogens is 376 g/mol. The van der Waals surface area contributed by atoms with Crippen molar-refractivity contribution in [2.45, 2.75) is 13.8 Å². The summed E-state index contributed by atoms with van der Waals surface area (Å²) in [6, 6.07) is 7.84. The molecule has 0 bridgehead atoms. The van der Waals surface area contributed by atoms with Gasteiger partial charge in [-0.3, -0.25) is 0 Å². The molecule has 0 N–H and O–H groups in total. The summed E-state index contributed by atoms with van der Waals surface area (Å²) in [6.45, 7) is 4.04. The van der Waals surface area contributed by atoms with Crippen LogP contribution < -0.4 is 0 Å². The van der Waals surface area contributed by atoms with E-state index in [9.17, 15) is 4.79 Å². The van der Waals surface area contributed by atoms with Crippen molar-refractivity contribution in [2.24, 2.45) is 10.3 Å². The van der Waals surface area contributed by atoms with Gasteiger partial charge in [0.2, 0.25) is 0 Å². The zero-order chi connectivity index (χ0) is 14.1. The third-order valence-electron chi connectivity index (χ3n) is 2.78. The molecule has 7 heteroatoms. The summed E-state index contributed by atoms with van der Waals surface area (Å²) in [4.78, 5) is 11.9. The molecule has 1 aromatic carbocycles. The molecule has 1 aromatic rings. The molecule has 20 heavy (non-hydrogen) atoms. The standard InChI is InChI=1S/C13H12N2O4Te/c1-3-17-13(16)11-12-10(14-18-20(12)19-15-11)9-6-4-8(2)5-7-9/h4-7H,3H2,1-2H3. The normalized spacial score (nSPS) is 17.0. The van der Waals surface area contributed by atoms with Gasteiger partial charge in [0.1, 0.15) is 0 Å². The molecular formula is C13H12N2O4Te. The van der Waals surface area contributed by atoms with Gasteiger partial charge in [-0.1, -0.05) is 0 Å². The summed E-state index contributed by atoms with van der Waals surface area (Å²) in [5.41, 5.74) is 2.86. The maximum absolute atomic E-state index is 11.9. The summed E-state index contributed by atoms with van der Waals surface area (Å²) >= 11 is -2.54. The van der Waals surface area contributed by atoms with Gasteiger partial charge in [0.05, 0.1) is 0 Å². The zero-order valence-corrected chi connectivity index (χ0v) is 13.3. The minimum absolute atomic E-state index is 0.195. The van der Waals surface area contributed by atoms with Crippen LogP contribution in [0.3, 0.4) is 0 Å². The topological polar surface area (TPSA) is 69.5 Å². The summed E-state index contributed by atoms with van der Waals surface area (Å²) in [5.74, 6) is -0.490. The van der Waals surface area contributed by atoms with Crippen LogP contribution in [0, 0.1) is 6.92 Å². The van der Waals surface area contributed by atoms with Crippen LogP contribution in [0.25, 0.3) is 0 Å². The number of esters is 1. The average Bonchev–Trinajstić information content (AvgIpc) is 3.01. The Morgan fingerprint density at radius 3 is 2.65 bits per heavy atom. The molecule has 0 unspecified atom stereocenters. The molecule has 3 rings (SSSR count). The van der Waals surface area contributed by atoms with Crippen LogP contribution in [-0.2, 0) is 15.9 Å². The summed E-state index contributed by atoms with van der Waals surface area (Å²) in [6.07, 6.45) is 0. The van der Waals surface area contributed by atoms with Crippen LogP contribution >= 0.6 is 0 Å². The van der Waals surface area contributed by atoms with Gasteiger partial charge in [-0.25, -0.2) is 0 Å². The SMILES string of the molecule is CCOC(=O)C1=NO[Te]2=C1C(c1ccc(C)cc1)=NO2. The number of rotatable bonds is 3. The van der Waals surface area contributed by atoms with E-state index >= 15 is 0 Å². The number of carbonyl (C=O) groups is 1. The number of ether oxygens (including phenoxy) is 1. The van der Waals surface area contributed by atoms with Gasteiger partial charge in [0.15, 0.2) is 0 Å². The van der Waals surface area contributed by atoms with Crippen molar-refractivity contribution in [2.75, 3.05) is 6.61 Å². The molecule has 6 nitrogen and oxygen atoms in total. The molecule has 2 aliphatic heterocycles. The molecule has 0 aliphatic carbocycles. The van der Waals surface area contributed by atoms with E-state index in [-0.39, 0.29) is 5.71 Å². The summed E-state index contributed by atoms with van der Waals surface area (Å²) < 4.78 is 16.2. The Hall–Kier alpha value is -1.71. The van der Waals surface area contributed by atoms with Crippen molar-refractivity contribution < 1.29 is 15.9 Å². The average molecular weight is 388 g/mol. The van der Waals surface area contributed by atoms with Gasteiger partial charge in [-0.15, -0.1) is 0 Å². The van der Waals surface area contributed by atoms with Crippen LogP contribution in [0.2, 0.25) is 0 Å². The van der Waals surface area contributed by atoms with Crippen molar-refractivity contribution in [1.82, 2.24) is 0 Å². The predicted octanol–water partition coefficient (Wildman–Crippen LogP) is 0.921. The quantitative estimate of drug-likeness (QED) is 0.571. The number of hydrogen-bond acceptors (Lipinski definition) is 6. The fourth-order valence-electron chi connectivity index (χ4n) is 1.81. The van der Waals surface area contributed by atoms with Crippen molar-refractivity contribution in [3.05, 3.63) is 35.4 Å². The summed E-state index contributed by atoms with van der Waals surface area (Å²) in [7, 11) is 0. The summed E-state index contributed by atoms with van der Waals surface area (Å²) in [5, 5.41) is 7.86. The third kappa shape index (κ3) is 2.23. The van der Waals surface area contributed by atoms with E-state index in [4.69, 9.17) is 11.1 Å². The van der Waals surface area contributed by atoms with Crippen molar-refractivity contribution >= 4 is 40.8 Å². The minimum atomic E-state index is -2.54. The molecule has 0 aromatic heterocycles. The first-order valence-corrected chi connectivity index (χ1v) is 9.14. The molecule has 0 amide bonds. The molecule has 0 saturated carbocycles. The van der Waals surface area contributed by atoms with Crippen molar-refractivity contribution in [3.63, 3.8) is 0 Å². The van der Waals surface area contributed by atoms with Gasteiger partial charge in [0, 0.05) is 0 Å². The Morgan fingerprint density at radius 1 is 1.25 bits per heavy atom. The van der Waals surface area contributed by atoms with E-state index in [1.54, 1.807) is 6.92 Å². The Balaban J connectivity index is 1.94. The molecule has 0 radical (unpaired) electrons. The van der Waals surface area contributed by atoms with Crippen LogP contribution in [-0.4, -0.2) is 47.5 Å². The van der Waals surface area contributed by atoms with E-state index in [0.29, 0.717) is 15.9 Å². The number of hydrogen-bond donors (Lipinski definition) is 0. The first-order chi connectivity index (χ1) is 9.70. The van der Waals surface area contributed by atoms with E-state index in [1.807, 2.05) is 31.2 Å². The number of aryl methyl sites for hydroxylation is 1. The van der Waals surface area contributed by atoms with Crippen LogP contribution in [0.5, 0.6) is 0 Å². The van der Waals surface area contributed by atoms with Gasteiger partial charge < -0.3 is 0 Å². The molecule has 0 fully saturated rings. The van der Waals surface area contributed by atoms with Crippen LogP contribution in [0.15, 0.2) is 34.6 Å². The molecule has 0 saturated heterocycles. The fourth-order valence-corrected chi connectivity index (χ4v) is 4.81. The molecule has 0 atom stereocenters. The van der Waals surface area contributed by atoms with Crippen LogP contribution in [0.4, 0.5) is 0 Å². The molecule has 104 valence electrons. The zero-order valence-electron chi connectivity index (χ0n) is 11.0.